The van der Waals surface area contributed by atoms with Gasteiger partial charge in [0.15, 0.2) is 0 Å². The molecule has 2 N–H and O–H groups in total. The second-order valence-corrected chi connectivity index (χ2v) is 6.32. The Morgan fingerprint density at radius 2 is 1.92 bits per heavy atom. The van der Waals surface area contributed by atoms with Gasteiger partial charge in [0.1, 0.15) is 6.04 Å². The summed E-state index contributed by atoms with van der Waals surface area (Å²) in [6.07, 6.45) is 3.60. The van der Waals surface area contributed by atoms with Gasteiger partial charge < -0.3 is 10.4 Å². The number of aliphatic carboxylic acids is 1. The van der Waals surface area contributed by atoms with Gasteiger partial charge in [0, 0.05) is 50.7 Å². The first-order chi connectivity index (χ1) is 12.1. The highest BCUT2D eigenvalue weighted by Gasteiger charge is 2.29. The van der Waals surface area contributed by atoms with E-state index < -0.39 is 12.0 Å². The molecule has 1 atom stereocenters. The van der Waals surface area contributed by atoms with Crippen LogP contribution in [0, 0.1) is 0 Å². The molecule has 0 bridgehead atoms. The molecule has 1 aromatic carbocycles. The van der Waals surface area contributed by atoms with Gasteiger partial charge in [-0.3, -0.25) is 14.6 Å². The van der Waals surface area contributed by atoms with Crippen LogP contribution in [0.3, 0.4) is 0 Å². The minimum Gasteiger partial charge on any atom is -0.480 e. The molecule has 0 radical (unpaired) electrons. The third-order valence-electron chi connectivity index (χ3n) is 4.42. The van der Waals surface area contributed by atoms with Gasteiger partial charge in [0.25, 0.3) is 0 Å². The number of hydrogen-bond acceptors (Lipinski definition) is 6. The van der Waals surface area contributed by atoms with Crippen LogP contribution >= 0.6 is 0 Å². The van der Waals surface area contributed by atoms with Crippen molar-refractivity contribution in [1.82, 2.24) is 19.8 Å². The molecule has 0 amide bonds. The van der Waals surface area contributed by atoms with Gasteiger partial charge in [0.2, 0.25) is 5.95 Å². The highest BCUT2D eigenvalue weighted by atomic mass is 16.4. The molecule has 3 rings (SSSR count). The molecule has 1 fully saturated rings. The number of nitrogens with zero attached hydrogens (tertiary/aromatic N) is 4. The lowest BCUT2D eigenvalue weighted by Crippen LogP contribution is -2.54. The van der Waals surface area contributed by atoms with Crippen LogP contribution in [-0.4, -0.2) is 63.6 Å². The highest BCUT2D eigenvalue weighted by Crippen LogP contribution is 2.12. The van der Waals surface area contributed by atoms with Gasteiger partial charge in [-0.2, -0.15) is 0 Å². The van der Waals surface area contributed by atoms with Crippen molar-refractivity contribution in [2.24, 2.45) is 0 Å². The number of aromatic nitrogens is 2. The fraction of sp³-hybridized carbons (Fsp3) is 0.389. The normalized spacial score (nSPS) is 18.8. The summed E-state index contributed by atoms with van der Waals surface area (Å²) in [6, 6.07) is 9.63. The second kappa shape index (κ2) is 8.04. The molecule has 1 aliphatic heterocycles. The first kappa shape index (κ1) is 17.3. The monoisotopic (exact) mass is 341 g/mol. The number of likely N-dealkylation sites (N-methyl/N-ethyl adjacent to an activating group) is 1. The minimum atomic E-state index is -0.774. The molecule has 0 unspecified atom stereocenters. The topological polar surface area (TPSA) is 81.6 Å². The molecule has 7 nitrogen and oxygen atoms in total. The second-order valence-electron chi connectivity index (χ2n) is 6.32. The molecule has 7 heteroatoms. The smallest absolute Gasteiger partial charge is 0.322 e. The van der Waals surface area contributed by atoms with E-state index in [1.54, 1.807) is 12.4 Å². The average molecular weight is 341 g/mol. The predicted molar refractivity (Wildman–Crippen MR) is 95.1 cm³/mol. The number of anilines is 1. The van der Waals surface area contributed by atoms with Crippen LogP contribution in [-0.2, 0) is 17.9 Å². The van der Waals surface area contributed by atoms with Crippen LogP contribution in [0.5, 0.6) is 0 Å². The van der Waals surface area contributed by atoms with Crippen molar-refractivity contribution in [3.8, 4) is 0 Å². The van der Waals surface area contributed by atoms with E-state index in [2.05, 4.69) is 20.2 Å². The van der Waals surface area contributed by atoms with Gasteiger partial charge in [0.05, 0.1) is 0 Å². The van der Waals surface area contributed by atoms with E-state index in [4.69, 9.17) is 0 Å². The lowest BCUT2D eigenvalue weighted by atomic mass is 10.1. The van der Waals surface area contributed by atoms with Crippen LogP contribution in [0.25, 0.3) is 0 Å². The molecule has 0 saturated carbocycles. The van der Waals surface area contributed by atoms with Crippen LogP contribution < -0.4 is 5.32 Å². The zero-order valence-corrected chi connectivity index (χ0v) is 14.3. The lowest BCUT2D eigenvalue weighted by Gasteiger charge is -2.37. The number of carbonyl (C=O) groups is 1. The van der Waals surface area contributed by atoms with Crippen LogP contribution in [0.4, 0.5) is 5.95 Å². The fourth-order valence-corrected chi connectivity index (χ4v) is 2.90. The summed E-state index contributed by atoms with van der Waals surface area (Å²) in [7, 11) is 1.85. The summed E-state index contributed by atoms with van der Waals surface area (Å²) >= 11 is 0. The lowest BCUT2D eigenvalue weighted by molar-refractivity contribution is -0.145. The molecule has 1 aliphatic rings. The van der Waals surface area contributed by atoms with Crippen LogP contribution in [0.2, 0.25) is 0 Å². The third-order valence-corrected chi connectivity index (χ3v) is 4.42. The predicted octanol–water partition coefficient (Wildman–Crippen LogP) is 1.29. The fourth-order valence-electron chi connectivity index (χ4n) is 2.90. The summed E-state index contributed by atoms with van der Waals surface area (Å²) in [4.78, 5) is 24.0. The molecule has 0 aliphatic carbocycles. The Labute approximate surface area is 147 Å². The van der Waals surface area contributed by atoms with Gasteiger partial charge in [-0.25, -0.2) is 9.97 Å². The first-order valence-electron chi connectivity index (χ1n) is 8.36. The number of rotatable bonds is 6. The summed E-state index contributed by atoms with van der Waals surface area (Å²) in [6.45, 7) is 3.44. The van der Waals surface area contributed by atoms with E-state index >= 15 is 0 Å². The number of carboxylic acid groups (broad SMARTS) is 1. The molecule has 1 aromatic heterocycles. The zero-order chi connectivity index (χ0) is 17.6. The maximum absolute atomic E-state index is 11.3. The van der Waals surface area contributed by atoms with Gasteiger partial charge >= 0.3 is 5.97 Å². The molecule has 1 saturated heterocycles. The van der Waals surface area contributed by atoms with Gasteiger partial charge in [-0.1, -0.05) is 30.3 Å². The third kappa shape index (κ3) is 4.74. The molecule has 2 heterocycles. The van der Waals surface area contributed by atoms with E-state index in [0.717, 1.165) is 18.7 Å². The molecule has 0 spiro atoms. The zero-order valence-electron chi connectivity index (χ0n) is 14.3. The number of hydrogen-bond donors (Lipinski definition) is 2. The molecular weight excluding hydrogens is 318 g/mol. The van der Waals surface area contributed by atoms with Crippen LogP contribution in [0.15, 0.2) is 42.7 Å². The van der Waals surface area contributed by atoms with Crippen molar-refractivity contribution in [3.63, 3.8) is 0 Å². The van der Waals surface area contributed by atoms with Crippen molar-refractivity contribution >= 4 is 11.9 Å². The maximum atomic E-state index is 11.3. The summed E-state index contributed by atoms with van der Waals surface area (Å²) in [5.74, 6) is -0.182. The van der Waals surface area contributed by atoms with Gasteiger partial charge in [-0.15, -0.1) is 0 Å². The Morgan fingerprint density at radius 3 is 2.60 bits per heavy atom. The Morgan fingerprint density at radius 1 is 1.20 bits per heavy atom. The van der Waals surface area contributed by atoms with E-state index in [1.165, 1.54) is 5.56 Å². The largest absolute Gasteiger partial charge is 0.480 e. The highest BCUT2D eigenvalue weighted by molar-refractivity contribution is 5.73. The average Bonchev–Trinajstić information content (AvgIpc) is 2.63. The SMILES string of the molecule is CN1CCN(Cc2cnc(NCc3ccccc3)nc2)C[C@@H]1C(=O)O. The van der Waals surface area contributed by atoms with Gasteiger partial charge in [-0.05, 0) is 12.6 Å². The Bertz CT molecular complexity index is 692. The standard InChI is InChI=1S/C18H23N5O2/c1-22-7-8-23(13-16(22)17(24)25)12-15-10-20-18(21-11-15)19-9-14-5-3-2-4-6-14/h2-6,10-11,16H,7-9,12-13H2,1H3,(H,24,25)(H,19,20,21)/t16-/m1/s1. The van der Waals surface area contributed by atoms with Crippen LogP contribution in [0.1, 0.15) is 11.1 Å². The van der Waals surface area contributed by atoms with E-state index in [9.17, 15) is 9.90 Å². The van der Waals surface area contributed by atoms with Crippen molar-refractivity contribution < 1.29 is 9.90 Å². The van der Waals surface area contributed by atoms with E-state index in [-0.39, 0.29) is 0 Å². The van der Waals surface area contributed by atoms with Crippen molar-refractivity contribution in [1.29, 1.82) is 0 Å². The van der Waals surface area contributed by atoms with Crippen molar-refractivity contribution in [3.05, 3.63) is 53.9 Å². The number of piperazine rings is 1. The molecule has 25 heavy (non-hydrogen) atoms. The Kier molecular flexibility index (Phi) is 5.57. The molecule has 132 valence electrons. The first-order valence-corrected chi connectivity index (χ1v) is 8.36. The molecule has 2 aromatic rings. The van der Waals surface area contributed by atoms with Crippen molar-refractivity contribution in [2.45, 2.75) is 19.1 Å². The maximum Gasteiger partial charge on any atom is 0.322 e. The number of benzene rings is 1. The van der Waals surface area contributed by atoms with E-state index in [0.29, 0.717) is 25.6 Å². The summed E-state index contributed by atoms with van der Waals surface area (Å²) < 4.78 is 0. The van der Waals surface area contributed by atoms with Crippen molar-refractivity contribution in [2.75, 3.05) is 32.0 Å². The Hall–Kier alpha value is -2.51. The summed E-state index contributed by atoms with van der Waals surface area (Å²) in [5.41, 5.74) is 2.16. The summed E-state index contributed by atoms with van der Waals surface area (Å²) in [5, 5.41) is 12.5. The number of nitrogens with one attached hydrogen (secondary N) is 1. The quantitative estimate of drug-likeness (QED) is 0.819. The molecular formula is C18H23N5O2. The number of carboxylic acids is 1. The Balaban J connectivity index is 1.53. The van der Waals surface area contributed by atoms with E-state index in [1.807, 2.05) is 42.3 Å². The minimum absolute atomic E-state index is 0.457.